The van der Waals surface area contributed by atoms with E-state index in [0.717, 1.165) is 0 Å². The second-order valence-corrected chi connectivity index (χ2v) is 9.02. The Morgan fingerprint density at radius 3 is 1.86 bits per heavy atom. The van der Waals surface area contributed by atoms with E-state index in [0.29, 0.717) is 5.57 Å². The zero-order chi connectivity index (χ0) is 25.4. The van der Waals surface area contributed by atoms with E-state index in [1.807, 2.05) is 0 Å². The van der Waals surface area contributed by atoms with Gasteiger partial charge in [-0.05, 0) is 5.57 Å². The molecule has 3 aliphatic heterocycles. The molecular formula is C21H32O14. The summed E-state index contributed by atoms with van der Waals surface area (Å²) in [6.07, 6.45) is -12.3. The van der Waals surface area contributed by atoms with Gasteiger partial charge in [0.2, 0.25) is 6.29 Å². The Bertz CT molecular complexity index is 773. The van der Waals surface area contributed by atoms with Crippen LogP contribution < -0.4 is 0 Å². The standard InChI is InChI=1S/C21H32O14/c22-3-10-13(25)15(27)17(29)20(33-10)32-6-7-5-31-19(8-1-2-9(24)12(7)8)35-21-18(30)16(28)14(26)11(4-23)34-21/h1-2,5,8-30H,3-4,6H2/t8-,9-,10-,11-,12-,13-,14-,15-,16+,17-,18-,19+,20-,21+/m1/s1. The molecular weight excluding hydrogens is 476 g/mol. The van der Waals surface area contributed by atoms with Crippen LogP contribution in [0.15, 0.2) is 24.0 Å². The summed E-state index contributed by atoms with van der Waals surface area (Å²) in [5.41, 5.74) is 0.443. The molecule has 0 bridgehead atoms. The Kier molecular flexibility index (Phi) is 8.44. The third kappa shape index (κ3) is 5.13. The van der Waals surface area contributed by atoms with E-state index in [2.05, 4.69) is 0 Å². The zero-order valence-corrected chi connectivity index (χ0v) is 18.5. The van der Waals surface area contributed by atoms with E-state index < -0.39 is 98.9 Å². The maximum Gasteiger partial charge on any atom is 0.208 e. The van der Waals surface area contributed by atoms with Gasteiger partial charge in [0.25, 0.3) is 0 Å². The highest BCUT2D eigenvalue weighted by atomic mass is 16.8. The normalized spacial score (nSPS) is 49.9. The fourth-order valence-corrected chi connectivity index (χ4v) is 4.71. The van der Waals surface area contributed by atoms with Crippen LogP contribution in [0, 0.1) is 11.8 Å². The van der Waals surface area contributed by atoms with Gasteiger partial charge < -0.3 is 69.6 Å². The summed E-state index contributed by atoms with van der Waals surface area (Å²) in [5, 5.41) is 89.3. The third-order valence-corrected chi connectivity index (χ3v) is 6.79. The van der Waals surface area contributed by atoms with Crippen molar-refractivity contribution in [1.82, 2.24) is 0 Å². The quantitative estimate of drug-likeness (QED) is 0.147. The van der Waals surface area contributed by atoms with Crippen molar-refractivity contribution in [2.45, 2.75) is 73.8 Å². The van der Waals surface area contributed by atoms with Gasteiger partial charge in [0, 0.05) is 11.8 Å². The molecule has 200 valence electrons. The monoisotopic (exact) mass is 508 g/mol. The molecule has 3 heterocycles. The van der Waals surface area contributed by atoms with Crippen molar-refractivity contribution >= 4 is 0 Å². The Hall–Kier alpha value is -1.24. The van der Waals surface area contributed by atoms with Crippen LogP contribution in [0.3, 0.4) is 0 Å². The molecule has 2 fully saturated rings. The van der Waals surface area contributed by atoms with Crippen molar-refractivity contribution in [3.8, 4) is 0 Å². The zero-order valence-electron chi connectivity index (χ0n) is 18.5. The molecule has 0 radical (unpaired) electrons. The summed E-state index contributed by atoms with van der Waals surface area (Å²) < 4.78 is 27.6. The summed E-state index contributed by atoms with van der Waals surface area (Å²) in [6.45, 7) is -1.45. The topological polar surface area (TPSA) is 228 Å². The maximum atomic E-state index is 10.5. The highest BCUT2D eigenvalue weighted by Gasteiger charge is 2.49. The van der Waals surface area contributed by atoms with Crippen molar-refractivity contribution in [3.05, 3.63) is 24.0 Å². The Morgan fingerprint density at radius 2 is 1.26 bits per heavy atom. The molecule has 0 unspecified atom stereocenters. The lowest BCUT2D eigenvalue weighted by molar-refractivity contribution is -0.340. The number of rotatable bonds is 7. The van der Waals surface area contributed by atoms with Crippen LogP contribution in [0.2, 0.25) is 0 Å². The second-order valence-electron chi connectivity index (χ2n) is 9.02. The highest BCUT2D eigenvalue weighted by Crippen LogP contribution is 2.41. The predicted octanol–water partition coefficient (Wildman–Crippen LogP) is -4.98. The molecule has 0 aromatic rings. The minimum Gasteiger partial charge on any atom is -0.472 e. The molecule has 14 nitrogen and oxygen atoms in total. The van der Waals surface area contributed by atoms with Gasteiger partial charge in [-0.3, -0.25) is 0 Å². The summed E-state index contributed by atoms with van der Waals surface area (Å²) in [4.78, 5) is 0. The lowest BCUT2D eigenvalue weighted by atomic mass is 9.85. The highest BCUT2D eigenvalue weighted by molar-refractivity contribution is 5.23. The van der Waals surface area contributed by atoms with Crippen LogP contribution in [0.5, 0.6) is 0 Å². The Morgan fingerprint density at radius 1 is 0.686 bits per heavy atom. The van der Waals surface area contributed by atoms with Gasteiger partial charge in [0.15, 0.2) is 12.6 Å². The van der Waals surface area contributed by atoms with E-state index in [1.54, 1.807) is 6.08 Å². The molecule has 4 rings (SSSR count). The molecule has 1 aliphatic carbocycles. The molecule has 14 atom stereocenters. The lowest BCUT2D eigenvalue weighted by Crippen LogP contribution is -2.60. The molecule has 0 spiro atoms. The maximum absolute atomic E-state index is 10.5. The Labute approximate surface area is 199 Å². The predicted molar refractivity (Wildman–Crippen MR) is 110 cm³/mol. The van der Waals surface area contributed by atoms with Gasteiger partial charge in [-0.1, -0.05) is 12.2 Å². The molecule has 0 saturated carbocycles. The number of hydrogen-bond acceptors (Lipinski definition) is 14. The number of hydrogen-bond donors (Lipinski definition) is 9. The first-order valence-electron chi connectivity index (χ1n) is 11.3. The SMILES string of the molecule is OC[C@H]1O[C@@H](O[C@@H]2OC=C(CO[C@@H]3O[C@H](CO)[C@@H](O)[C@@H](O)[C@H]3O)[C@@H]3[C@H]2C=C[C@H]3O)[C@H](O)[C@@H](O)[C@@H]1O. The van der Waals surface area contributed by atoms with Crippen LogP contribution in [0.25, 0.3) is 0 Å². The Balaban J connectivity index is 1.42. The van der Waals surface area contributed by atoms with Crippen molar-refractivity contribution in [1.29, 1.82) is 0 Å². The minimum absolute atomic E-state index is 0.213. The van der Waals surface area contributed by atoms with Crippen molar-refractivity contribution in [3.63, 3.8) is 0 Å². The third-order valence-electron chi connectivity index (χ3n) is 6.79. The van der Waals surface area contributed by atoms with Gasteiger partial charge in [-0.2, -0.15) is 0 Å². The van der Waals surface area contributed by atoms with Crippen LogP contribution in [0.1, 0.15) is 0 Å². The fraction of sp³-hybridized carbons (Fsp3) is 0.810. The van der Waals surface area contributed by atoms with E-state index in [-0.39, 0.29) is 6.61 Å². The first kappa shape index (κ1) is 26.8. The van der Waals surface area contributed by atoms with Gasteiger partial charge in [-0.25, -0.2) is 0 Å². The first-order valence-corrected chi connectivity index (χ1v) is 11.3. The second kappa shape index (κ2) is 11.0. The summed E-state index contributed by atoms with van der Waals surface area (Å²) in [6, 6.07) is 0. The molecule has 35 heavy (non-hydrogen) atoms. The van der Waals surface area contributed by atoms with Gasteiger partial charge in [-0.15, -0.1) is 0 Å². The number of ether oxygens (including phenoxy) is 5. The minimum atomic E-state index is -1.63. The summed E-state index contributed by atoms with van der Waals surface area (Å²) in [5.74, 6) is -1.20. The van der Waals surface area contributed by atoms with Crippen LogP contribution in [0.4, 0.5) is 0 Å². The lowest BCUT2D eigenvalue weighted by Gasteiger charge is -2.43. The van der Waals surface area contributed by atoms with Crippen molar-refractivity contribution in [2.24, 2.45) is 11.8 Å². The van der Waals surface area contributed by atoms with Gasteiger partial charge in [0.1, 0.15) is 48.8 Å². The van der Waals surface area contributed by atoms with E-state index in [4.69, 9.17) is 23.7 Å². The number of aliphatic hydroxyl groups excluding tert-OH is 9. The summed E-state index contributed by atoms with van der Waals surface area (Å²) in [7, 11) is 0. The van der Waals surface area contributed by atoms with E-state index in [1.165, 1.54) is 12.3 Å². The molecule has 14 heteroatoms. The molecule has 2 saturated heterocycles. The largest absolute Gasteiger partial charge is 0.472 e. The van der Waals surface area contributed by atoms with Gasteiger partial charge >= 0.3 is 0 Å². The summed E-state index contributed by atoms with van der Waals surface area (Å²) >= 11 is 0. The van der Waals surface area contributed by atoms with Crippen LogP contribution in [-0.4, -0.2) is 140 Å². The number of fused-ring (bicyclic) bond motifs is 1. The van der Waals surface area contributed by atoms with E-state index >= 15 is 0 Å². The van der Waals surface area contributed by atoms with E-state index in [9.17, 15) is 46.0 Å². The van der Waals surface area contributed by atoms with Crippen LogP contribution in [-0.2, 0) is 23.7 Å². The molecule has 0 aromatic carbocycles. The average Bonchev–Trinajstić information content (AvgIpc) is 3.25. The molecule has 0 aromatic heterocycles. The molecule has 0 amide bonds. The molecule has 9 N–H and O–H groups in total. The smallest absolute Gasteiger partial charge is 0.208 e. The number of aliphatic hydroxyl groups is 9. The van der Waals surface area contributed by atoms with Crippen molar-refractivity contribution in [2.75, 3.05) is 19.8 Å². The van der Waals surface area contributed by atoms with Gasteiger partial charge in [0.05, 0.1) is 32.2 Å². The van der Waals surface area contributed by atoms with Crippen molar-refractivity contribution < 1.29 is 69.6 Å². The fourth-order valence-electron chi connectivity index (χ4n) is 4.71. The average molecular weight is 508 g/mol. The van der Waals surface area contributed by atoms with Crippen LogP contribution >= 0.6 is 0 Å². The molecule has 4 aliphatic rings. The first-order chi connectivity index (χ1) is 16.7.